The maximum atomic E-state index is 12.1. The lowest BCUT2D eigenvalue weighted by atomic mass is 10.2. The molecular formula is C13H14BrN3O. The second-order valence-electron chi connectivity index (χ2n) is 4.58. The summed E-state index contributed by atoms with van der Waals surface area (Å²) in [5, 5.41) is 7.30. The highest BCUT2D eigenvalue weighted by Gasteiger charge is 2.18. The molecule has 1 aliphatic heterocycles. The van der Waals surface area contributed by atoms with Crippen LogP contribution in [0.1, 0.15) is 16.9 Å². The van der Waals surface area contributed by atoms with Gasteiger partial charge in [0.1, 0.15) is 5.69 Å². The summed E-state index contributed by atoms with van der Waals surface area (Å²) >= 11 is 3.43. The Labute approximate surface area is 113 Å². The van der Waals surface area contributed by atoms with E-state index in [1.807, 2.05) is 24.3 Å². The lowest BCUT2D eigenvalue weighted by Crippen LogP contribution is -2.36. The molecular weight excluding hydrogens is 294 g/mol. The summed E-state index contributed by atoms with van der Waals surface area (Å²) in [6.45, 7) is 1.84. The summed E-state index contributed by atoms with van der Waals surface area (Å²) in [6.07, 6.45) is 0.998. The Kier molecular flexibility index (Phi) is 3.09. The first-order chi connectivity index (χ1) is 8.72. The van der Waals surface area contributed by atoms with Crippen LogP contribution in [0.25, 0.3) is 10.9 Å². The van der Waals surface area contributed by atoms with E-state index in [4.69, 9.17) is 0 Å². The van der Waals surface area contributed by atoms with Crippen LogP contribution in [0, 0.1) is 0 Å². The maximum Gasteiger partial charge on any atom is 0.267 e. The molecule has 1 saturated heterocycles. The fourth-order valence-corrected chi connectivity index (χ4v) is 2.65. The second kappa shape index (κ2) is 4.74. The standard InChI is InChI=1S/C13H14BrN3O/c14-9-1-2-11-8(5-9)6-12(17-11)13(18)16-10-3-4-15-7-10/h1-2,5-6,10,15,17H,3-4,7H2,(H,16,18)/t10-/m1/s1. The Balaban J connectivity index is 1.82. The maximum absolute atomic E-state index is 12.1. The quantitative estimate of drug-likeness (QED) is 0.795. The molecule has 0 radical (unpaired) electrons. The van der Waals surface area contributed by atoms with Crippen LogP contribution < -0.4 is 10.6 Å². The van der Waals surface area contributed by atoms with Crippen LogP contribution in [0.15, 0.2) is 28.7 Å². The molecule has 0 spiro atoms. The highest BCUT2D eigenvalue weighted by Crippen LogP contribution is 2.20. The third-order valence-corrected chi connectivity index (χ3v) is 3.72. The van der Waals surface area contributed by atoms with Crippen molar-refractivity contribution in [2.75, 3.05) is 13.1 Å². The molecule has 1 atom stereocenters. The zero-order valence-corrected chi connectivity index (χ0v) is 11.4. The molecule has 2 heterocycles. The molecule has 94 valence electrons. The number of benzene rings is 1. The zero-order valence-electron chi connectivity index (χ0n) is 9.79. The number of hydrogen-bond acceptors (Lipinski definition) is 2. The molecule has 1 fully saturated rings. The van der Waals surface area contributed by atoms with E-state index in [-0.39, 0.29) is 11.9 Å². The minimum atomic E-state index is -0.0315. The molecule has 1 aromatic carbocycles. The largest absolute Gasteiger partial charge is 0.351 e. The number of nitrogens with one attached hydrogen (secondary N) is 3. The van der Waals surface area contributed by atoms with E-state index >= 15 is 0 Å². The number of carbonyl (C=O) groups is 1. The second-order valence-corrected chi connectivity index (χ2v) is 5.49. The van der Waals surface area contributed by atoms with Crippen LogP contribution in [0.4, 0.5) is 0 Å². The van der Waals surface area contributed by atoms with Crippen LogP contribution in [0.2, 0.25) is 0 Å². The van der Waals surface area contributed by atoms with Gasteiger partial charge in [-0.05, 0) is 37.2 Å². The van der Waals surface area contributed by atoms with Crippen molar-refractivity contribution in [3.63, 3.8) is 0 Å². The minimum absolute atomic E-state index is 0.0315. The van der Waals surface area contributed by atoms with Gasteiger partial charge < -0.3 is 15.6 Å². The SMILES string of the molecule is O=C(N[C@@H]1CCNC1)c1cc2cc(Br)ccc2[nH]1. The number of rotatable bonds is 2. The predicted octanol–water partition coefficient (Wildman–Crippen LogP) is 2.02. The first-order valence-corrected chi connectivity index (χ1v) is 6.81. The normalized spacial score (nSPS) is 19.3. The first kappa shape index (κ1) is 11.7. The van der Waals surface area contributed by atoms with E-state index in [1.54, 1.807) is 0 Å². The van der Waals surface area contributed by atoms with Crippen molar-refractivity contribution >= 4 is 32.7 Å². The van der Waals surface area contributed by atoms with E-state index in [0.29, 0.717) is 5.69 Å². The molecule has 1 aromatic heterocycles. The van der Waals surface area contributed by atoms with Gasteiger partial charge in [0.2, 0.25) is 0 Å². The number of aromatic nitrogens is 1. The number of hydrogen-bond donors (Lipinski definition) is 3. The van der Waals surface area contributed by atoms with Crippen molar-refractivity contribution in [2.24, 2.45) is 0 Å². The summed E-state index contributed by atoms with van der Waals surface area (Å²) in [5.41, 5.74) is 1.60. The van der Waals surface area contributed by atoms with Crippen LogP contribution in [0.3, 0.4) is 0 Å². The number of aromatic amines is 1. The van der Waals surface area contributed by atoms with Crippen LogP contribution in [-0.4, -0.2) is 30.0 Å². The molecule has 0 saturated carbocycles. The lowest BCUT2D eigenvalue weighted by molar-refractivity contribution is 0.0936. The molecule has 3 N–H and O–H groups in total. The summed E-state index contributed by atoms with van der Waals surface area (Å²) < 4.78 is 1.01. The molecule has 2 aromatic rings. The first-order valence-electron chi connectivity index (χ1n) is 6.02. The molecule has 0 unspecified atom stereocenters. The third kappa shape index (κ3) is 2.28. The Hall–Kier alpha value is -1.33. The lowest BCUT2D eigenvalue weighted by Gasteiger charge is -2.09. The minimum Gasteiger partial charge on any atom is -0.351 e. The van der Waals surface area contributed by atoms with Crippen molar-refractivity contribution < 1.29 is 4.79 Å². The monoisotopic (exact) mass is 307 g/mol. The van der Waals surface area contributed by atoms with E-state index in [9.17, 15) is 4.79 Å². The number of amides is 1. The average molecular weight is 308 g/mol. The fourth-order valence-electron chi connectivity index (χ4n) is 2.27. The van der Waals surface area contributed by atoms with Gasteiger partial charge in [0, 0.05) is 28.0 Å². The molecule has 1 amide bonds. The van der Waals surface area contributed by atoms with Crippen LogP contribution >= 0.6 is 15.9 Å². The molecule has 0 aliphatic carbocycles. The fraction of sp³-hybridized carbons (Fsp3) is 0.308. The van der Waals surface area contributed by atoms with Crippen molar-refractivity contribution in [3.8, 4) is 0 Å². The number of fused-ring (bicyclic) bond motifs is 1. The van der Waals surface area contributed by atoms with Gasteiger partial charge in [0.25, 0.3) is 5.91 Å². The Bertz CT molecular complexity index is 587. The Morgan fingerprint density at radius 3 is 3.06 bits per heavy atom. The summed E-state index contributed by atoms with van der Waals surface area (Å²) in [6, 6.07) is 8.06. The van der Waals surface area contributed by atoms with Crippen molar-refractivity contribution in [1.29, 1.82) is 0 Å². The highest BCUT2D eigenvalue weighted by atomic mass is 79.9. The van der Waals surface area contributed by atoms with Gasteiger partial charge in [-0.25, -0.2) is 0 Å². The molecule has 5 heteroatoms. The summed E-state index contributed by atoms with van der Waals surface area (Å²) in [7, 11) is 0. The number of halogens is 1. The van der Waals surface area contributed by atoms with E-state index < -0.39 is 0 Å². The van der Waals surface area contributed by atoms with Crippen molar-refractivity contribution in [3.05, 3.63) is 34.4 Å². The van der Waals surface area contributed by atoms with Gasteiger partial charge in [0.05, 0.1) is 0 Å². The van der Waals surface area contributed by atoms with E-state index in [2.05, 4.69) is 31.5 Å². The van der Waals surface area contributed by atoms with E-state index in [0.717, 1.165) is 34.9 Å². The van der Waals surface area contributed by atoms with Gasteiger partial charge in [-0.3, -0.25) is 4.79 Å². The van der Waals surface area contributed by atoms with Crippen molar-refractivity contribution in [2.45, 2.75) is 12.5 Å². The number of H-pyrrole nitrogens is 1. The molecule has 18 heavy (non-hydrogen) atoms. The molecule has 0 bridgehead atoms. The molecule has 4 nitrogen and oxygen atoms in total. The van der Waals surface area contributed by atoms with Gasteiger partial charge in [-0.15, -0.1) is 0 Å². The predicted molar refractivity (Wildman–Crippen MR) is 74.7 cm³/mol. The zero-order chi connectivity index (χ0) is 12.5. The van der Waals surface area contributed by atoms with E-state index in [1.165, 1.54) is 0 Å². The van der Waals surface area contributed by atoms with Crippen LogP contribution in [0.5, 0.6) is 0 Å². The van der Waals surface area contributed by atoms with Gasteiger partial charge >= 0.3 is 0 Å². The summed E-state index contributed by atoms with van der Waals surface area (Å²) in [5.74, 6) is -0.0315. The topological polar surface area (TPSA) is 56.9 Å². The highest BCUT2D eigenvalue weighted by molar-refractivity contribution is 9.10. The average Bonchev–Trinajstić information content (AvgIpc) is 2.96. The smallest absolute Gasteiger partial charge is 0.267 e. The Morgan fingerprint density at radius 1 is 1.39 bits per heavy atom. The molecule has 1 aliphatic rings. The van der Waals surface area contributed by atoms with Gasteiger partial charge in [0.15, 0.2) is 0 Å². The van der Waals surface area contributed by atoms with Gasteiger partial charge in [-0.1, -0.05) is 15.9 Å². The summed E-state index contributed by atoms with van der Waals surface area (Å²) in [4.78, 5) is 15.2. The van der Waals surface area contributed by atoms with Gasteiger partial charge in [-0.2, -0.15) is 0 Å². The van der Waals surface area contributed by atoms with Crippen molar-refractivity contribution in [1.82, 2.24) is 15.6 Å². The van der Waals surface area contributed by atoms with Crippen LogP contribution in [-0.2, 0) is 0 Å². The Morgan fingerprint density at radius 2 is 2.28 bits per heavy atom. The third-order valence-electron chi connectivity index (χ3n) is 3.22. The number of carbonyl (C=O) groups excluding carboxylic acids is 1. The molecule has 3 rings (SSSR count).